The molecule has 0 aliphatic heterocycles. The van der Waals surface area contributed by atoms with Gasteiger partial charge in [-0.2, -0.15) is 0 Å². The zero-order chi connectivity index (χ0) is 14.0. The number of rotatable bonds is 2. The molecule has 0 heterocycles. The Hall–Kier alpha value is -1.88. The standard InChI is InChI=1S/C14H11BrFNO2/c1-17(9-4-2-5-10(18)8-9)14(19)11-6-3-7-12(15)13(11)16/h2-8,18H,1H3. The van der Waals surface area contributed by atoms with Gasteiger partial charge in [-0.3, -0.25) is 4.79 Å². The predicted octanol–water partition coefficient (Wildman–Crippen LogP) is 3.57. The minimum atomic E-state index is -0.598. The van der Waals surface area contributed by atoms with Crippen LogP contribution in [0.15, 0.2) is 46.9 Å². The number of hydrogen-bond acceptors (Lipinski definition) is 2. The summed E-state index contributed by atoms with van der Waals surface area (Å²) < 4.78 is 14.1. The van der Waals surface area contributed by atoms with Crippen LogP contribution in [0.3, 0.4) is 0 Å². The van der Waals surface area contributed by atoms with E-state index >= 15 is 0 Å². The van der Waals surface area contributed by atoms with Crippen molar-refractivity contribution in [3.63, 3.8) is 0 Å². The summed E-state index contributed by atoms with van der Waals surface area (Å²) >= 11 is 3.05. The smallest absolute Gasteiger partial charge is 0.261 e. The summed E-state index contributed by atoms with van der Waals surface area (Å²) in [6.45, 7) is 0. The van der Waals surface area contributed by atoms with E-state index in [2.05, 4.69) is 15.9 Å². The monoisotopic (exact) mass is 323 g/mol. The average Bonchev–Trinajstić information content (AvgIpc) is 2.40. The molecule has 0 atom stereocenters. The SMILES string of the molecule is CN(C(=O)c1cccc(Br)c1F)c1cccc(O)c1. The highest BCUT2D eigenvalue weighted by atomic mass is 79.9. The third-order valence-corrected chi connectivity index (χ3v) is 3.32. The van der Waals surface area contributed by atoms with Crippen LogP contribution in [0.25, 0.3) is 0 Å². The van der Waals surface area contributed by atoms with Gasteiger partial charge in [-0.25, -0.2) is 4.39 Å². The maximum atomic E-state index is 13.9. The molecule has 19 heavy (non-hydrogen) atoms. The Balaban J connectivity index is 2.36. The Bertz CT molecular complexity index is 631. The molecule has 0 aliphatic carbocycles. The summed E-state index contributed by atoms with van der Waals surface area (Å²) in [5, 5.41) is 9.39. The number of anilines is 1. The molecule has 5 heteroatoms. The Labute approximate surface area is 118 Å². The third kappa shape index (κ3) is 2.76. The van der Waals surface area contributed by atoms with Crippen molar-refractivity contribution in [2.24, 2.45) is 0 Å². The van der Waals surface area contributed by atoms with Crippen LogP contribution in [0.5, 0.6) is 5.75 Å². The van der Waals surface area contributed by atoms with Gasteiger partial charge in [0.1, 0.15) is 11.6 Å². The molecule has 0 fully saturated rings. The van der Waals surface area contributed by atoms with Crippen LogP contribution in [0.1, 0.15) is 10.4 Å². The van der Waals surface area contributed by atoms with Crippen molar-refractivity contribution in [2.75, 3.05) is 11.9 Å². The fourth-order valence-electron chi connectivity index (χ4n) is 1.67. The molecule has 0 radical (unpaired) electrons. The molecule has 0 unspecified atom stereocenters. The minimum Gasteiger partial charge on any atom is -0.508 e. The summed E-state index contributed by atoms with van der Waals surface area (Å²) in [5.74, 6) is -1.03. The zero-order valence-corrected chi connectivity index (χ0v) is 11.7. The molecule has 1 N–H and O–H groups in total. The first-order chi connectivity index (χ1) is 9.00. The molecule has 0 spiro atoms. The lowest BCUT2D eigenvalue weighted by molar-refractivity contribution is 0.0989. The Morgan fingerprint density at radius 1 is 1.26 bits per heavy atom. The van der Waals surface area contributed by atoms with Crippen LogP contribution >= 0.6 is 15.9 Å². The van der Waals surface area contributed by atoms with Gasteiger partial charge in [-0.1, -0.05) is 12.1 Å². The molecule has 2 rings (SSSR count). The summed E-state index contributed by atoms with van der Waals surface area (Å²) in [5.41, 5.74) is 0.463. The molecule has 2 aromatic rings. The van der Waals surface area contributed by atoms with Gasteiger partial charge in [-0.05, 0) is 40.2 Å². The van der Waals surface area contributed by atoms with Crippen molar-refractivity contribution in [3.8, 4) is 5.75 Å². The van der Waals surface area contributed by atoms with Gasteiger partial charge in [0.2, 0.25) is 0 Å². The van der Waals surface area contributed by atoms with Crippen molar-refractivity contribution >= 4 is 27.5 Å². The number of carbonyl (C=O) groups is 1. The van der Waals surface area contributed by atoms with E-state index in [0.29, 0.717) is 5.69 Å². The summed E-state index contributed by atoms with van der Waals surface area (Å²) in [6, 6.07) is 10.8. The number of halogens is 2. The van der Waals surface area contributed by atoms with Gasteiger partial charge in [0.25, 0.3) is 5.91 Å². The van der Waals surface area contributed by atoms with Crippen molar-refractivity contribution in [2.45, 2.75) is 0 Å². The lowest BCUT2D eigenvalue weighted by atomic mass is 10.1. The molecular formula is C14H11BrFNO2. The van der Waals surface area contributed by atoms with Crippen LogP contribution in [0, 0.1) is 5.82 Å². The van der Waals surface area contributed by atoms with Gasteiger partial charge in [-0.15, -0.1) is 0 Å². The molecule has 3 nitrogen and oxygen atoms in total. The van der Waals surface area contributed by atoms with Crippen molar-refractivity contribution in [3.05, 3.63) is 58.3 Å². The first-order valence-corrected chi connectivity index (χ1v) is 6.31. The minimum absolute atomic E-state index is 0.0276. The van der Waals surface area contributed by atoms with Gasteiger partial charge >= 0.3 is 0 Å². The quantitative estimate of drug-likeness (QED) is 0.917. The van der Waals surface area contributed by atoms with Gasteiger partial charge < -0.3 is 10.0 Å². The maximum Gasteiger partial charge on any atom is 0.261 e. The average molecular weight is 324 g/mol. The molecule has 0 saturated carbocycles. The number of phenolic OH excluding ortho intramolecular Hbond substituents is 1. The van der Waals surface area contributed by atoms with E-state index in [4.69, 9.17) is 0 Å². The van der Waals surface area contributed by atoms with Crippen molar-refractivity contribution in [1.82, 2.24) is 0 Å². The first-order valence-electron chi connectivity index (χ1n) is 5.52. The van der Waals surface area contributed by atoms with E-state index in [1.54, 1.807) is 18.2 Å². The second-order valence-electron chi connectivity index (χ2n) is 3.99. The highest BCUT2D eigenvalue weighted by Crippen LogP contribution is 2.23. The van der Waals surface area contributed by atoms with Crippen LogP contribution in [-0.2, 0) is 0 Å². The third-order valence-electron chi connectivity index (χ3n) is 2.70. The number of hydrogen-bond donors (Lipinski definition) is 1. The number of aromatic hydroxyl groups is 1. The fourth-order valence-corrected chi connectivity index (χ4v) is 2.03. The van der Waals surface area contributed by atoms with Crippen LogP contribution in [-0.4, -0.2) is 18.1 Å². The summed E-state index contributed by atoms with van der Waals surface area (Å²) in [6.07, 6.45) is 0. The van der Waals surface area contributed by atoms with E-state index in [1.807, 2.05) is 0 Å². The zero-order valence-electron chi connectivity index (χ0n) is 10.1. The van der Waals surface area contributed by atoms with Gasteiger partial charge in [0.05, 0.1) is 10.0 Å². The van der Waals surface area contributed by atoms with Crippen LogP contribution in [0.2, 0.25) is 0 Å². The predicted molar refractivity (Wildman–Crippen MR) is 74.9 cm³/mol. The number of nitrogens with zero attached hydrogens (tertiary/aromatic N) is 1. The normalized spacial score (nSPS) is 10.3. The van der Waals surface area contributed by atoms with Gasteiger partial charge in [0, 0.05) is 18.8 Å². The summed E-state index contributed by atoms with van der Waals surface area (Å²) in [7, 11) is 1.53. The first kappa shape index (κ1) is 13.5. The van der Waals surface area contributed by atoms with Gasteiger partial charge in [0.15, 0.2) is 0 Å². The molecule has 2 aromatic carbocycles. The number of phenols is 1. The summed E-state index contributed by atoms with van der Waals surface area (Å²) in [4.78, 5) is 13.5. The van der Waals surface area contributed by atoms with E-state index in [0.717, 1.165) is 0 Å². The lowest BCUT2D eigenvalue weighted by Crippen LogP contribution is -2.27. The number of benzene rings is 2. The van der Waals surface area contributed by atoms with Crippen LogP contribution in [0.4, 0.5) is 10.1 Å². The Morgan fingerprint density at radius 3 is 2.63 bits per heavy atom. The molecule has 0 bridgehead atoms. The Morgan fingerprint density at radius 2 is 1.95 bits per heavy atom. The van der Waals surface area contributed by atoms with E-state index in [1.165, 1.54) is 36.2 Å². The lowest BCUT2D eigenvalue weighted by Gasteiger charge is -2.18. The van der Waals surface area contributed by atoms with E-state index in [-0.39, 0.29) is 15.8 Å². The molecular weight excluding hydrogens is 313 g/mol. The van der Waals surface area contributed by atoms with Crippen molar-refractivity contribution < 1.29 is 14.3 Å². The highest BCUT2D eigenvalue weighted by Gasteiger charge is 2.19. The second-order valence-corrected chi connectivity index (χ2v) is 4.84. The number of carbonyl (C=O) groups excluding carboxylic acids is 1. The number of amides is 1. The molecule has 0 saturated heterocycles. The Kier molecular flexibility index (Phi) is 3.85. The molecule has 1 amide bonds. The highest BCUT2D eigenvalue weighted by molar-refractivity contribution is 9.10. The van der Waals surface area contributed by atoms with E-state index < -0.39 is 11.7 Å². The molecule has 0 aliphatic rings. The van der Waals surface area contributed by atoms with Crippen LogP contribution < -0.4 is 4.90 Å². The molecule has 98 valence electrons. The maximum absolute atomic E-state index is 13.9. The fraction of sp³-hybridized carbons (Fsp3) is 0.0714. The second kappa shape index (κ2) is 5.40. The van der Waals surface area contributed by atoms with Crippen molar-refractivity contribution in [1.29, 1.82) is 0 Å². The largest absolute Gasteiger partial charge is 0.508 e. The molecule has 0 aromatic heterocycles. The van der Waals surface area contributed by atoms with E-state index in [9.17, 15) is 14.3 Å². The topological polar surface area (TPSA) is 40.5 Å².